The van der Waals surface area contributed by atoms with Crippen LogP contribution in [-0.2, 0) is 0 Å². The first-order valence-corrected chi connectivity index (χ1v) is 8.04. The van der Waals surface area contributed by atoms with Crippen LogP contribution in [-0.4, -0.2) is 40.5 Å². The van der Waals surface area contributed by atoms with Gasteiger partial charge in [0.25, 0.3) is 5.91 Å². The first-order chi connectivity index (χ1) is 9.83. The third-order valence-electron chi connectivity index (χ3n) is 4.77. The summed E-state index contributed by atoms with van der Waals surface area (Å²) >= 11 is 0. The van der Waals surface area contributed by atoms with Crippen molar-refractivity contribution in [2.24, 2.45) is 0 Å². The number of nitrogens with zero attached hydrogens (tertiary/aromatic N) is 2. The predicted octanol–water partition coefficient (Wildman–Crippen LogP) is 2.18. The highest BCUT2D eigenvalue weighted by Gasteiger charge is 2.37. The quantitative estimate of drug-likeness (QED) is 0.893. The molecule has 1 aliphatic heterocycles. The highest BCUT2D eigenvalue weighted by atomic mass is 16.2. The largest absolute Gasteiger partial charge is 0.340 e. The monoisotopic (exact) mass is 273 g/mol. The molecule has 2 aliphatic carbocycles. The zero-order chi connectivity index (χ0) is 13.5. The van der Waals surface area contributed by atoms with E-state index in [9.17, 15) is 4.79 Å². The second-order valence-electron chi connectivity index (χ2n) is 6.51. The van der Waals surface area contributed by atoms with E-state index >= 15 is 0 Å². The summed E-state index contributed by atoms with van der Waals surface area (Å²) in [6.45, 7) is 2.00. The molecule has 3 fully saturated rings. The lowest BCUT2D eigenvalue weighted by molar-refractivity contribution is 0.0717. The standard InChI is InChI=1S/C16H23N3O/c20-16(15-4-2-10-18(15)13-5-6-13)19(14-7-8-14)11-12-3-1-9-17-12/h2,4,10,12-14,17H,1,3,5-9,11H2. The van der Waals surface area contributed by atoms with Gasteiger partial charge in [-0.2, -0.15) is 0 Å². The maximum atomic E-state index is 12.9. The summed E-state index contributed by atoms with van der Waals surface area (Å²) in [4.78, 5) is 15.0. The molecule has 4 rings (SSSR count). The molecule has 108 valence electrons. The van der Waals surface area contributed by atoms with Gasteiger partial charge in [-0.15, -0.1) is 0 Å². The second kappa shape index (κ2) is 4.92. The summed E-state index contributed by atoms with van der Waals surface area (Å²) in [5, 5.41) is 3.52. The van der Waals surface area contributed by atoms with Crippen molar-refractivity contribution in [3.63, 3.8) is 0 Å². The van der Waals surface area contributed by atoms with Gasteiger partial charge in [0.2, 0.25) is 0 Å². The van der Waals surface area contributed by atoms with Gasteiger partial charge < -0.3 is 14.8 Å². The molecule has 0 spiro atoms. The fourth-order valence-corrected chi connectivity index (χ4v) is 3.33. The normalized spacial score (nSPS) is 25.9. The van der Waals surface area contributed by atoms with E-state index < -0.39 is 0 Å². The average Bonchev–Trinajstić information content (AvgIpc) is 3.38. The minimum atomic E-state index is 0.248. The maximum Gasteiger partial charge on any atom is 0.270 e. The topological polar surface area (TPSA) is 37.3 Å². The Morgan fingerprint density at radius 1 is 1.30 bits per heavy atom. The number of rotatable bonds is 5. The molecule has 4 nitrogen and oxygen atoms in total. The van der Waals surface area contributed by atoms with Crippen molar-refractivity contribution >= 4 is 5.91 Å². The molecule has 1 saturated heterocycles. The highest BCUT2D eigenvalue weighted by Crippen LogP contribution is 2.37. The Bertz CT molecular complexity index is 496. The zero-order valence-corrected chi connectivity index (χ0v) is 11.9. The van der Waals surface area contributed by atoms with Gasteiger partial charge in [0.05, 0.1) is 0 Å². The van der Waals surface area contributed by atoms with E-state index in [1.165, 1.54) is 38.5 Å². The smallest absolute Gasteiger partial charge is 0.270 e. The lowest BCUT2D eigenvalue weighted by Gasteiger charge is -2.26. The third kappa shape index (κ3) is 2.37. The number of carbonyl (C=O) groups excluding carboxylic acids is 1. The van der Waals surface area contributed by atoms with Crippen LogP contribution in [0.15, 0.2) is 18.3 Å². The van der Waals surface area contributed by atoms with Crippen molar-refractivity contribution in [2.75, 3.05) is 13.1 Å². The molecular weight excluding hydrogens is 250 g/mol. The molecule has 2 saturated carbocycles. The van der Waals surface area contributed by atoms with Crippen LogP contribution in [0.1, 0.15) is 55.1 Å². The third-order valence-corrected chi connectivity index (χ3v) is 4.77. The van der Waals surface area contributed by atoms with Crippen LogP contribution in [0.4, 0.5) is 0 Å². The van der Waals surface area contributed by atoms with E-state index in [1.54, 1.807) is 0 Å². The molecule has 1 aromatic rings. The maximum absolute atomic E-state index is 12.9. The van der Waals surface area contributed by atoms with Gasteiger partial charge in [0, 0.05) is 30.9 Å². The Morgan fingerprint density at radius 2 is 2.15 bits per heavy atom. The van der Waals surface area contributed by atoms with Crippen molar-refractivity contribution in [2.45, 2.75) is 56.7 Å². The molecule has 1 amide bonds. The van der Waals surface area contributed by atoms with Crippen molar-refractivity contribution < 1.29 is 4.79 Å². The van der Waals surface area contributed by atoms with Crippen molar-refractivity contribution in [1.82, 2.24) is 14.8 Å². The molecule has 3 aliphatic rings. The van der Waals surface area contributed by atoms with Crippen LogP contribution < -0.4 is 5.32 Å². The van der Waals surface area contributed by atoms with E-state index in [1.807, 2.05) is 12.1 Å². The number of hydrogen-bond donors (Lipinski definition) is 1. The Labute approximate surface area is 120 Å². The molecule has 0 radical (unpaired) electrons. The first-order valence-electron chi connectivity index (χ1n) is 8.04. The van der Waals surface area contributed by atoms with E-state index in [2.05, 4.69) is 21.0 Å². The van der Waals surface area contributed by atoms with Crippen LogP contribution in [0.25, 0.3) is 0 Å². The van der Waals surface area contributed by atoms with E-state index in [4.69, 9.17) is 0 Å². The van der Waals surface area contributed by atoms with Crippen molar-refractivity contribution in [3.8, 4) is 0 Å². The fourth-order valence-electron chi connectivity index (χ4n) is 3.33. The first kappa shape index (κ1) is 12.5. The van der Waals surface area contributed by atoms with Crippen LogP contribution in [0.3, 0.4) is 0 Å². The SMILES string of the molecule is O=C(c1cccn1C1CC1)N(CC1CCCN1)C1CC1. The van der Waals surface area contributed by atoms with Crippen LogP contribution >= 0.6 is 0 Å². The molecule has 4 heteroatoms. The van der Waals surface area contributed by atoms with Gasteiger partial charge >= 0.3 is 0 Å². The zero-order valence-electron chi connectivity index (χ0n) is 11.9. The van der Waals surface area contributed by atoms with E-state index in [0.29, 0.717) is 18.1 Å². The minimum absolute atomic E-state index is 0.248. The Hall–Kier alpha value is -1.29. The highest BCUT2D eigenvalue weighted by molar-refractivity contribution is 5.93. The second-order valence-corrected chi connectivity index (χ2v) is 6.51. The minimum Gasteiger partial charge on any atom is -0.340 e. The van der Waals surface area contributed by atoms with Gasteiger partial charge in [0.15, 0.2) is 0 Å². The van der Waals surface area contributed by atoms with Gasteiger partial charge in [-0.05, 0) is 57.2 Å². The lowest BCUT2D eigenvalue weighted by Crippen LogP contribution is -2.43. The van der Waals surface area contributed by atoms with Gasteiger partial charge in [-0.25, -0.2) is 0 Å². The number of carbonyl (C=O) groups is 1. The summed E-state index contributed by atoms with van der Waals surface area (Å²) in [5.74, 6) is 0.248. The van der Waals surface area contributed by atoms with Gasteiger partial charge in [0.1, 0.15) is 5.69 Å². The lowest BCUT2D eigenvalue weighted by atomic mass is 10.2. The van der Waals surface area contributed by atoms with Crippen LogP contribution in [0.2, 0.25) is 0 Å². The number of nitrogens with one attached hydrogen (secondary N) is 1. The molecule has 0 aromatic carbocycles. The molecule has 2 heterocycles. The van der Waals surface area contributed by atoms with Crippen molar-refractivity contribution in [3.05, 3.63) is 24.0 Å². The number of hydrogen-bond acceptors (Lipinski definition) is 2. The molecule has 1 N–H and O–H groups in total. The Balaban J connectivity index is 1.52. The fraction of sp³-hybridized carbons (Fsp3) is 0.688. The molecule has 20 heavy (non-hydrogen) atoms. The van der Waals surface area contributed by atoms with E-state index in [-0.39, 0.29) is 5.91 Å². The van der Waals surface area contributed by atoms with Gasteiger partial charge in [-0.1, -0.05) is 0 Å². The summed E-state index contributed by atoms with van der Waals surface area (Å²) in [5.41, 5.74) is 0.900. The summed E-state index contributed by atoms with van der Waals surface area (Å²) in [6.07, 6.45) is 9.34. The molecule has 1 atom stereocenters. The summed E-state index contributed by atoms with van der Waals surface area (Å²) in [6, 6.07) is 5.59. The molecule has 1 unspecified atom stereocenters. The Kier molecular flexibility index (Phi) is 3.06. The summed E-state index contributed by atoms with van der Waals surface area (Å²) in [7, 11) is 0. The average molecular weight is 273 g/mol. The van der Waals surface area contributed by atoms with E-state index in [0.717, 1.165) is 18.8 Å². The van der Waals surface area contributed by atoms with Crippen molar-refractivity contribution in [1.29, 1.82) is 0 Å². The molecule has 1 aromatic heterocycles. The molecular formula is C16H23N3O. The van der Waals surface area contributed by atoms with Gasteiger partial charge in [-0.3, -0.25) is 4.79 Å². The number of amides is 1. The summed E-state index contributed by atoms with van der Waals surface area (Å²) < 4.78 is 2.19. The Morgan fingerprint density at radius 3 is 2.80 bits per heavy atom. The molecule has 0 bridgehead atoms. The predicted molar refractivity (Wildman–Crippen MR) is 77.8 cm³/mol. The van der Waals surface area contributed by atoms with Crippen LogP contribution in [0, 0.1) is 0 Å². The number of aromatic nitrogens is 1. The van der Waals surface area contributed by atoms with Crippen LogP contribution in [0.5, 0.6) is 0 Å².